The number of hydrogen-bond acceptors (Lipinski definition) is 3. The van der Waals surface area contributed by atoms with Crippen LogP contribution in [0.4, 0.5) is 0 Å². The van der Waals surface area contributed by atoms with Crippen LogP contribution < -0.4 is 5.73 Å². The molecule has 1 fully saturated rings. The molecule has 1 rings (SSSR count). The van der Waals surface area contributed by atoms with Gasteiger partial charge in [0.05, 0.1) is 0 Å². The molecule has 0 amide bonds. The van der Waals surface area contributed by atoms with Gasteiger partial charge in [-0.3, -0.25) is 4.79 Å². The molecule has 0 heterocycles. The zero-order valence-electron chi connectivity index (χ0n) is 9.16. The summed E-state index contributed by atoms with van der Waals surface area (Å²) in [5, 5.41) is 0. The summed E-state index contributed by atoms with van der Waals surface area (Å²) in [4.78, 5) is 11.7. The molecular weight excluding hydrogens is 178 g/mol. The van der Waals surface area contributed by atoms with Gasteiger partial charge in [-0.25, -0.2) is 0 Å². The van der Waals surface area contributed by atoms with Gasteiger partial charge in [-0.2, -0.15) is 0 Å². The summed E-state index contributed by atoms with van der Waals surface area (Å²) in [7, 11) is 1.57. The van der Waals surface area contributed by atoms with Crippen LogP contribution in [0.25, 0.3) is 0 Å². The molecule has 82 valence electrons. The Hall–Kier alpha value is -0.410. The maximum Gasteiger partial charge on any atom is 0.163 e. The topological polar surface area (TPSA) is 52.3 Å². The standard InChI is InChI=1S/C11H21NO2/c1-3-4-9(12)11(14-2)10(13)7-8-5-6-8/h8-9,11H,3-7,12H2,1-2H3/t9-,11?/m0/s1. The Bertz CT molecular complexity index is 190. The first-order valence-corrected chi connectivity index (χ1v) is 5.50. The predicted octanol–water partition coefficient (Wildman–Crippen LogP) is 1.50. The van der Waals surface area contributed by atoms with E-state index in [1.165, 1.54) is 12.8 Å². The molecule has 3 heteroatoms. The molecule has 0 aromatic carbocycles. The molecule has 0 spiro atoms. The number of Topliss-reactive ketones (excluding diaryl/α,β-unsaturated/α-hetero) is 1. The maximum absolute atomic E-state index is 11.7. The van der Waals surface area contributed by atoms with Crippen LogP contribution in [-0.4, -0.2) is 25.0 Å². The van der Waals surface area contributed by atoms with Gasteiger partial charge >= 0.3 is 0 Å². The summed E-state index contributed by atoms with van der Waals surface area (Å²) in [6.45, 7) is 2.07. The molecule has 1 unspecified atom stereocenters. The molecule has 0 aromatic heterocycles. The zero-order chi connectivity index (χ0) is 10.6. The number of methoxy groups -OCH3 is 1. The second-order valence-corrected chi connectivity index (χ2v) is 4.22. The smallest absolute Gasteiger partial charge is 0.163 e. The minimum Gasteiger partial charge on any atom is -0.372 e. The minimum atomic E-state index is -0.379. The lowest BCUT2D eigenvalue weighted by atomic mass is 9.99. The number of carbonyl (C=O) groups excluding carboxylic acids is 1. The zero-order valence-corrected chi connectivity index (χ0v) is 9.16. The first kappa shape index (κ1) is 11.7. The maximum atomic E-state index is 11.7. The fraction of sp³-hybridized carbons (Fsp3) is 0.909. The average Bonchev–Trinajstić information content (AvgIpc) is 2.90. The van der Waals surface area contributed by atoms with E-state index in [4.69, 9.17) is 10.5 Å². The van der Waals surface area contributed by atoms with Crippen molar-refractivity contribution in [1.29, 1.82) is 0 Å². The van der Waals surface area contributed by atoms with E-state index in [-0.39, 0.29) is 17.9 Å². The van der Waals surface area contributed by atoms with Crippen molar-refractivity contribution in [3.63, 3.8) is 0 Å². The van der Waals surface area contributed by atoms with Gasteiger partial charge in [0.15, 0.2) is 5.78 Å². The Morgan fingerprint density at radius 3 is 2.64 bits per heavy atom. The van der Waals surface area contributed by atoms with Crippen LogP contribution in [0, 0.1) is 5.92 Å². The molecule has 1 aliphatic rings. The first-order valence-electron chi connectivity index (χ1n) is 5.50. The first-order chi connectivity index (χ1) is 6.69. The van der Waals surface area contributed by atoms with E-state index < -0.39 is 0 Å². The number of rotatable bonds is 7. The van der Waals surface area contributed by atoms with Crippen molar-refractivity contribution in [1.82, 2.24) is 0 Å². The van der Waals surface area contributed by atoms with E-state index in [1.54, 1.807) is 7.11 Å². The van der Waals surface area contributed by atoms with Gasteiger partial charge in [-0.05, 0) is 25.2 Å². The molecule has 0 aliphatic heterocycles. The van der Waals surface area contributed by atoms with Gasteiger partial charge in [-0.1, -0.05) is 13.3 Å². The Morgan fingerprint density at radius 2 is 2.21 bits per heavy atom. The highest BCUT2D eigenvalue weighted by molar-refractivity contribution is 5.84. The lowest BCUT2D eigenvalue weighted by Gasteiger charge is -2.20. The van der Waals surface area contributed by atoms with Crippen LogP contribution in [0.2, 0.25) is 0 Å². The van der Waals surface area contributed by atoms with Crippen molar-refractivity contribution >= 4 is 5.78 Å². The van der Waals surface area contributed by atoms with Crippen molar-refractivity contribution in [3.8, 4) is 0 Å². The highest BCUT2D eigenvalue weighted by atomic mass is 16.5. The van der Waals surface area contributed by atoms with Gasteiger partial charge in [0.2, 0.25) is 0 Å². The van der Waals surface area contributed by atoms with Crippen LogP contribution in [0.1, 0.15) is 39.0 Å². The summed E-state index contributed by atoms with van der Waals surface area (Å²) >= 11 is 0. The second kappa shape index (κ2) is 5.47. The number of ketones is 1. The molecule has 3 nitrogen and oxygen atoms in total. The molecule has 0 radical (unpaired) electrons. The van der Waals surface area contributed by atoms with Gasteiger partial charge in [-0.15, -0.1) is 0 Å². The average molecular weight is 199 g/mol. The van der Waals surface area contributed by atoms with Crippen LogP contribution >= 0.6 is 0 Å². The largest absolute Gasteiger partial charge is 0.372 e. The molecule has 1 saturated carbocycles. The third kappa shape index (κ3) is 3.39. The van der Waals surface area contributed by atoms with Gasteiger partial charge in [0, 0.05) is 19.6 Å². The monoisotopic (exact) mass is 199 g/mol. The molecule has 0 saturated heterocycles. The van der Waals surface area contributed by atoms with E-state index in [9.17, 15) is 4.79 Å². The lowest BCUT2D eigenvalue weighted by molar-refractivity contribution is -0.130. The van der Waals surface area contributed by atoms with Crippen molar-refractivity contribution in [2.75, 3.05) is 7.11 Å². The second-order valence-electron chi connectivity index (χ2n) is 4.22. The summed E-state index contributed by atoms with van der Waals surface area (Å²) in [5.74, 6) is 0.810. The minimum absolute atomic E-state index is 0.128. The molecule has 2 N–H and O–H groups in total. The van der Waals surface area contributed by atoms with Gasteiger partial charge in [0.1, 0.15) is 6.10 Å². The third-order valence-electron chi connectivity index (χ3n) is 2.77. The third-order valence-corrected chi connectivity index (χ3v) is 2.77. The van der Waals surface area contributed by atoms with E-state index in [0.717, 1.165) is 12.8 Å². The van der Waals surface area contributed by atoms with E-state index in [2.05, 4.69) is 6.92 Å². The fourth-order valence-corrected chi connectivity index (χ4v) is 1.75. The molecular formula is C11H21NO2. The van der Waals surface area contributed by atoms with Gasteiger partial charge < -0.3 is 10.5 Å². The van der Waals surface area contributed by atoms with Crippen LogP contribution in [-0.2, 0) is 9.53 Å². The molecule has 1 aliphatic carbocycles. The van der Waals surface area contributed by atoms with E-state index >= 15 is 0 Å². The van der Waals surface area contributed by atoms with Crippen molar-refractivity contribution in [2.45, 2.75) is 51.2 Å². The Kier molecular flexibility index (Phi) is 4.55. The van der Waals surface area contributed by atoms with Crippen molar-refractivity contribution < 1.29 is 9.53 Å². The summed E-state index contributed by atoms with van der Waals surface area (Å²) in [6.07, 6.45) is 4.54. The Balaban J connectivity index is 2.37. The van der Waals surface area contributed by atoms with Crippen molar-refractivity contribution in [2.24, 2.45) is 11.7 Å². The number of hydrogen-bond donors (Lipinski definition) is 1. The highest BCUT2D eigenvalue weighted by Crippen LogP contribution is 2.33. The van der Waals surface area contributed by atoms with Gasteiger partial charge in [0.25, 0.3) is 0 Å². The van der Waals surface area contributed by atoms with Crippen LogP contribution in [0.3, 0.4) is 0 Å². The SMILES string of the molecule is CCC[C@H](N)C(OC)C(=O)CC1CC1. The quantitative estimate of drug-likeness (QED) is 0.676. The lowest BCUT2D eigenvalue weighted by Crippen LogP contribution is -2.42. The summed E-state index contributed by atoms with van der Waals surface area (Å²) in [5.41, 5.74) is 5.89. The molecule has 2 atom stereocenters. The molecule has 0 aromatic rings. The number of nitrogens with two attached hydrogens (primary N) is 1. The van der Waals surface area contributed by atoms with E-state index in [0.29, 0.717) is 12.3 Å². The summed E-state index contributed by atoms with van der Waals surface area (Å²) in [6, 6.07) is -0.128. The predicted molar refractivity (Wildman–Crippen MR) is 56.0 cm³/mol. The molecule has 14 heavy (non-hydrogen) atoms. The highest BCUT2D eigenvalue weighted by Gasteiger charge is 2.30. The van der Waals surface area contributed by atoms with Crippen molar-refractivity contribution in [3.05, 3.63) is 0 Å². The Morgan fingerprint density at radius 1 is 1.57 bits per heavy atom. The van der Waals surface area contributed by atoms with Crippen LogP contribution in [0.15, 0.2) is 0 Å². The molecule has 0 bridgehead atoms. The number of carbonyl (C=O) groups is 1. The Labute approximate surface area is 86.0 Å². The van der Waals surface area contributed by atoms with Crippen LogP contribution in [0.5, 0.6) is 0 Å². The number of ether oxygens (including phenoxy) is 1. The van der Waals surface area contributed by atoms with E-state index in [1.807, 2.05) is 0 Å². The fourth-order valence-electron chi connectivity index (χ4n) is 1.75. The summed E-state index contributed by atoms with van der Waals surface area (Å²) < 4.78 is 5.18. The normalized spacial score (nSPS) is 20.5.